The minimum atomic E-state index is -0.422. The third-order valence-electron chi connectivity index (χ3n) is 5.67. The Morgan fingerprint density at radius 3 is 2.63 bits per heavy atom. The number of carbonyl (C=O) groups is 1. The lowest BCUT2D eigenvalue weighted by Crippen LogP contribution is -2.37. The zero-order valence-electron chi connectivity index (χ0n) is 17.9. The number of fused-ring (bicyclic) bond motifs is 1. The Labute approximate surface area is 181 Å². The van der Waals surface area contributed by atoms with Gasteiger partial charge in [0, 0.05) is 41.8 Å². The van der Waals surface area contributed by atoms with Crippen LogP contribution in [0.3, 0.4) is 0 Å². The number of aromatic amines is 1. The van der Waals surface area contributed by atoms with Crippen molar-refractivity contribution in [2.24, 2.45) is 11.3 Å². The summed E-state index contributed by atoms with van der Waals surface area (Å²) < 4.78 is 0. The SMILES string of the molecule is CC(C)CCSc1nc2c(c(=O)[nH]1)C(c1ccncc1)C1=C(CC(C)(C)CC1=O)N2. The van der Waals surface area contributed by atoms with Gasteiger partial charge in [0.2, 0.25) is 0 Å². The number of H-pyrrole nitrogens is 1. The minimum Gasteiger partial charge on any atom is -0.343 e. The summed E-state index contributed by atoms with van der Waals surface area (Å²) in [4.78, 5) is 38.1. The number of Topliss-reactive ketones (excluding diaryl/α,β-unsaturated/α-hetero) is 1. The van der Waals surface area contributed by atoms with Crippen LogP contribution in [-0.4, -0.2) is 26.5 Å². The molecule has 0 spiro atoms. The summed E-state index contributed by atoms with van der Waals surface area (Å²) in [5.74, 6) is 1.73. The van der Waals surface area contributed by atoms with Gasteiger partial charge in [-0.1, -0.05) is 39.5 Å². The Bertz CT molecular complexity index is 1060. The van der Waals surface area contributed by atoms with E-state index in [1.165, 1.54) is 0 Å². The van der Waals surface area contributed by atoms with Gasteiger partial charge in [-0.25, -0.2) is 4.98 Å². The lowest BCUT2D eigenvalue weighted by atomic mass is 9.69. The second-order valence-corrected chi connectivity index (χ2v) is 10.4. The van der Waals surface area contributed by atoms with Gasteiger partial charge in [-0.3, -0.25) is 14.6 Å². The number of hydrogen-bond acceptors (Lipinski definition) is 6. The highest BCUT2D eigenvalue weighted by molar-refractivity contribution is 7.99. The second kappa shape index (κ2) is 8.02. The molecule has 0 amide bonds. The first-order valence-corrected chi connectivity index (χ1v) is 11.4. The second-order valence-electron chi connectivity index (χ2n) is 9.34. The van der Waals surface area contributed by atoms with Crippen LogP contribution in [0.15, 0.2) is 45.7 Å². The van der Waals surface area contributed by atoms with Gasteiger partial charge in [0.05, 0.1) is 5.56 Å². The first-order chi connectivity index (χ1) is 14.2. The van der Waals surface area contributed by atoms with Gasteiger partial charge < -0.3 is 10.3 Å². The molecule has 0 aromatic carbocycles. The highest BCUT2D eigenvalue weighted by Gasteiger charge is 2.42. The maximum absolute atomic E-state index is 13.2. The van der Waals surface area contributed by atoms with Crippen LogP contribution in [0, 0.1) is 11.3 Å². The largest absolute Gasteiger partial charge is 0.343 e. The third-order valence-corrected chi connectivity index (χ3v) is 6.58. The van der Waals surface area contributed by atoms with Crippen molar-refractivity contribution in [2.45, 2.75) is 58.0 Å². The van der Waals surface area contributed by atoms with Crippen molar-refractivity contribution >= 4 is 23.4 Å². The molecule has 6 nitrogen and oxygen atoms in total. The third kappa shape index (κ3) is 4.08. The number of ketones is 1. The maximum atomic E-state index is 13.2. The van der Waals surface area contributed by atoms with E-state index in [2.05, 4.69) is 43.0 Å². The van der Waals surface area contributed by atoms with Crippen molar-refractivity contribution in [3.05, 3.63) is 57.3 Å². The molecule has 0 bridgehead atoms. The molecular formula is C23H28N4O2S. The molecule has 1 unspecified atom stereocenters. The molecule has 158 valence electrons. The van der Waals surface area contributed by atoms with E-state index in [1.807, 2.05) is 12.1 Å². The van der Waals surface area contributed by atoms with Crippen molar-refractivity contribution in [1.29, 1.82) is 0 Å². The number of carbonyl (C=O) groups excluding carboxylic acids is 1. The molecule has 3 heterocycles. The molecule has 1 aliphatic heterocycles. The summed E-state index contributed by atoms with van der Waals surface area (Å²) >= 11 is 1.56. The van der Waals surface area contributed by atoms with Crippen LogP contribution < -0.4 is 10.9 Å². The van der Waals surface area contributed by atoms with Crippen LogP contribution in [0.5, 0.6) is 0 Å². The molecular weight excluding hydrogens is 396 g/mol. The van der Waals surface area contributed by atoms with E-state index >= 15 is 0 Å². The number of rotatable bonds is 5. The number of thioether (sulfide) groups is 1. The predicted octanol–water partition coefficient (Wildman–Crippen LogP) is 4.50. The highest BCUT2D eigenvalue weighted by atomic mass is 32.2. The summed E-state index contributed by atoms with van der Waals surface area (Å²) in [6, 6.07) is 3.75. The van der Waals surface area contributed by atoms with Crippen LogP contribution in [0.2, 0.25) is 0 Å². The number of anilines is 1. The first kappa shape index (κ1) is 20.8. The molecule has 1 atom stereocenters. The van der Waals surface area contributed by atoms with Gasteiger partial charge >= 0.3 is 0 Å². The minimum absolute atomic E-state index is 0.0935. The van der Waals surface area contributed by atoms with Crippen LogP contribution in [0.25, 0.3) is 0 Å². The van der Waals surface area contributed by atoms with Crippen LogP contribution >= 0.6 is 11.8 Å². The molecule has 2 aromatic heterocycles. The monoisotopic (exact) mass is 424 g/mol. The lowest BCUT2D eigenvalue weighted by molar-refractivity contribution is -0.118. The molecule has 0 radical (unpaired) electrons. The Morgan fingerprint density at radius 1 is 1.20 bits per heavy atom. The summed E-state index contributed by atoms with van der Waals surface area (Å²) in [5.41, 5.74) is 2.68. The molecule has 2 aliphatic rings. The van der Waals surface area contributed by atoms with E-state index in [-0.39, 0.29) is 16.8 Å². The molecule has 2 aromatic rings. The quantitative estimate of drug-likeness (QED) is 0.543. The number of allylic oxidation sites excluding steroid dienone is 2. The van der Waals surface area contributed by atoms with Crippen molar-refractivity contribution in [3.63, 3.8) is 0 Å². The Hall–Kier alpha value is -2.41. The zero-order chi connectivity index (χ0) is 21.5. The fourth-order valence-corrected chi connectivity index (χ4v) is 5.35. The summed E-state index contributed by atoms with van der Waals surface area (Å²) in [5, 5.41) is 3.98. The Balaban J connectivity index is 1.81. The zero-order valence-corrected chi connectivity index (χ0v) is 18.7. The van der Waals surface area contributed by atoms with E-state index in [4.69, 9.17) is 4.98 Å². The van der Waals surface area contributed by atoms with Crippen LogP contribution in [0.4, 0.5) is 5.82 Å². The van der Waals surface area contributed by atoms with E-state index in [0.717, 1.165) is 29.9 Å². The van der Waals surface area contributed by atoms with Gasteiger partial charge in [0.15, 0.2) is 10.9 Å². The average Bonchev–Trinajstić information content (AvgIpc) is 2.65. The van der Waals surface area contributed by atoms with Gasteiger partial charge in [0.25, 0.3) is 5.56 Å². The smallest absolute Gasteiger partial charge is 0.257 e. The normalized spacial score (nSPS) is 20.0. The molecule has 2 N–H and O–H groups in total. The number of aromatic nitrogens is 3. The van der Waals surface area contributed by atoms with E-state index in [1.54, 1.807) is 24.2 Å². The summed E-state index contributed by atoms with van der Waals surface area (Å²) in [6.07, 6.45) is 5.67. The van der Waals surface area contributed by atoms with Crippen molar-refractivity contribution in [3.8, 4) is 0 Å². The summed E-state index contributed by atoms with van der Waals surface area (Å²) in [6.45, 7) is 8.57. The molecule has 30 heavy (non-hydrogen) atoms. The lowest BCUT2D eigenvalue weighted by Gasteiger charge is -2.38. The molecule has 4 rings (SSSR count). The van der Waals surface area contributed by atoms with Gasteiger partial charge in [-0.15, -0.1) is 0 Å². The average molecular weight is 425 g/mol. The maximum Gasteiger partial charge on any atom is 0.257 e. The number of nitrogens with one attached hydrogen (secondary N) is 2. The first-order valence-electron chi connectivity index (χ1n) is 10.5. The van der Waals surface area contributed by atoms with Gasteiger partial charge in [-0.2, -0.15) is 0 Å². The van der Waals surface area contributed by atoms with E-state index in [0.29, 0.717) is 34.4 Å². The molecule has 0 fully saturated rings. The molecule has 7 heteroatoms. The van der Waals surface area contributed by atoms with Crippen molar-refractivity contribution < 1.29 is 4.79 Å². The van der Waals surface area contributed by atoms with Crippen molar-refractivity contribution in [2.75, 3.05) is 11.1 Å². The molecule has 0 saturated heterocycles. The fraction of sp³-hybridized carbons (Fsp3) is 0.478. The van der Waals surface area contributed by atoms with Gasteiger partial charge in [0.1, 0.15) is 5.82 Å². The topological polar surface area (TPSA) is 87.7 Å². The van der Waals surface area contributed by atoms with Crippen molar-refractivity contribution in [1.82, 2.24) is 15.0 Å². The summed E-state index contributed by atoms with van der Waals surface area (Å²) in [7, 11) is 0. The molecule has 1 aliphatic carbocycles. The van der Waals surface area contributed by atoms with Gasteiger partial charge in [-0.05, 0) is 41.9 Å². The predicted molar refractivity (Wildman–Crippen MR) is 120 cm³/mol. The van der Waals surface area contributed by atoms with E-state index < -0.39 is 5.92 Å². The number of pyridine rings is 1. The van der Waals surface area contributed by atoms with Crippen LogP contribution in [0.1, 0.15) is 64.0 Å². The Morgan fingerprint density at radius 2 is 1.93 bits per heavy atom. The fourth-order valence-electron chi connectivity index (χ4n) is 4.24. The van der Waals surface area contributed by atoms with E-state index in [9.17, 15) is 9.59 Å². The standard InChI is InChI=1S/C23H28N4O2S/c1-13(2)7-10-30-22-26-20-19(21(29)27-22)17(14-5-8-24-9-6-14)18-15(25-20)11-23(3,4)12-16(18)28/h5-6,8-9,13,17H,7,10-12H2,1-4H3,(H2,25,26,27,29). The number of hydrogen-bond donors (Lipinski definition) is 2. The highest BCUT2D eigenvalue weighted by Crippen LogP contribution is 2.47. The van der Waals surface area contributed by atoms with Crippen LogP contribution in [-0.2, 0) is 4.79 Å². The molecule has 0 saturated carbocycles. The Kier molecular flexibility index (Phi) is 5.57. The number of nitrogens with zero attached hydrogens (tertiary/aromatic N) is 2.